The topological polar surface area (TPSA) is 21.3 Å². The highest BCUT2D eigenvalue weighted by atomic mass is 16.5. The van der Waals surface area contributed by atoms with Crippen LogP contribution in [0.4, 0.5) is 5.69 Å². The predicted molar refractivity (Wildman–Crippen MR) is 126 cm³/mol. The van der Waals surface area contributed by atoms with E-state index in [0.717, 1.165) is 37.4 Å². The van der Waals surface area contributed by atoms with Gasteiger partial charge in [-0.15, -0.1) is 0 Å². The summed E-state index contributed by atoms with van der Waals surface area (Å²) in [7, 11) is 0. The van der Waals surface area contributed by atoms with Gasteiger partial charge in [0.1, 0.15) is 5.75 Å². The van der Waals surface area contributed by atoms with Crippen molar-refractivity contribution in [2.75, 3.05) is 11.9 Å². The van der Waals surface area contributed by atoms with E-state index in [4.69, 9.17) is 4.74 Å². The van der Waals surface area contributed by atoms with E-state index in [-0.39, 0.29) is 0 Å². The van der Waals surface area contributed by atoms with Crippen molar-refractivity contribution in [2.45, 2.75) is 19.4 Å². The smallest absolute Gasteiger partial charge is 0.121 e. The van der Waals surface area contributed by atoms with Gasteiger partial charge in [0.15, 0.2) is 0 Å². The molecule has 0 atom stereocenters. The van der Waals surface area contributed by atoms with Crippen LogP contribution in [0, 0.1) is 0 Å². The Balaban J connectivity index is 1.26. The zero-order chi connectivity index (χ0) is 20.4. The van der Waals surface area contributed by atoms with Crippen LogP contribution >= 0.6 is 0 Å². The second kappa shape index (κ2) is 10.3. The first-order chi connectivity index (χ1) is 14.9. The molecule has 0 spiro atoms. The van der Waals surface area contributed by atoms with Crippen molar-refractivity contribution >= 4 is 5.69 Å². The number of anilines is 1. The molecule has 0 aliphatic carbocycles. The molecule has 0 saturated carbocycles. The zero-order valence-electron chi connectivity index (χ0n) is 17.1. The standard InChI is InChI=1S/C28H27NO/c1-3-9-23(10-4-1)11-8-20-30-28-15-7-14-27(21-28)29-22-24-16-18-26(19-17-24)25-12-5-2-6-13-25/h1-7,9-10,12-19,21,29H,8,11,20,22H2. The molecule has 1 N–H and O–H groups in total. The van der Waals surface area contributed by atoms with Gasteiger partial charge in [0, 0.05) is 18.3 Å². The van der Waals surface area contributed by atoms with E-state index < -0.39 is 0 Å². The van der Waals surface area contributed by atoms with Gasteiger partial charge in [0.2, 0.25) is 0 Å². The van der Waals surface area contributed by atoms with Crippen LogP contribution < -0.4 is 10.1 Å². The fraction of sp³-hybridized carbons (Fsp3) is 0.143. The highest BCUT2D eigenvalue weighted by molar-refractivity contribution is 5.63. The Bertz CT molecular complexity index is 1030. The van der Waals surface area contributed by atoms with Crippen LogP contribution in [0.15, 0.2) is 109 Å². The Morgan fingerprint density at radius 1 is 0.600 bits per heavy atom. The summed E-state index contributed by atoms with van der Waals surface area (Å²) in [5.41, 5.74) is 6.17. The number of hydrogen-bond donors (Lipinski definition) is 1. The summed E-state index contributed by atoms with van der Waals surface area (Å²) < 4.78 is 5.95. The van der Waals surface area contributed by atoms with Crippen molar-refractivity contribution in [1.82, 2.24) is 0 Å². The summed E-state index contributed by atoms with van der Waals surface area (Å²) in [6, 6.07) is 37.9. The highest BCUT2D eigenvalue weighted by Gasteiger charge is 2.00. The minimum Gasteiger partial charge on any atom is -0.494 e. The van der Waals surface area contributed by atoms with Crippen molar-refractivity contribution in [3.05, 3.63) is 120 Å². The molecular formula is C28H27NO. The fourth-order valence-electron chi connectivity index (χ4n) is 3.46. The molecule has 30 heavy (non-hydrogen) atoms. The number of rotatable bonds is 9. The van der Waals surface area contributed by atoms with Crippen LogP contribution in [0.25, 0.3) is 11.1 Å². The molecule has 4 aromatic carbocycles. The van der Waals surface area contributed by atoms with Crippen molar-refractivity contribution in [3.63, 3.8) is 0 Å². The van der Waals surface area contributed by atoms with E-state index in [1.807, 2.05) is 18.2 Å². The quantitative estimate of drug-likeness (QED) is 0.310. The molecule has 4 rings (SSSR count). The highest BCUT2D eigenvalue weighted by Crippen LogP contribution is 2.21. The number of aryl methyl sites for hydroxylation is 1. The summed E-state index contributed by atoms with van der Waals surface area (Å²) in [5.74, 6) is 0.910. The first-order valence-electron chi connectivity index (χ1n) is 10.5. The van der Waals surface area contributed by atoms with Gasteiger partial charge in [-0.25, -0.2) is 0 Å². The molecule has 0 aliphatic heterocycles. The Morgan fingerprint density at radius 2 is 1.30 bits per heavy atom. The third kappa shape index (κ3) is 5.74. The van der Waals surface area contributed by atoms with E-state index in [1.165, 1.54) is 22.3 Å². The molecule has 0 aromatic heterocycles. The second-order valence-corrected chi connectivity index (χ2v) is 7.38. The van der Waals surface area contributed by atoms with Crippen LogP contribution in [0.3, 0.4) is 0 Å². The average Bonchev–Trinajstić information content (AvgIpc) is 2.82. The first-order valence-corrected chi connectivity index (χ1v) is 10.5. The summed E-state index contributed by atoms with van der Waals surface area (Å²) in [4.78, 5) is 0. The van der Waals surface area contributed by atoms with Crippen LogP contribution in [0.5, 0.6) is 5.75 Å². The lowest BCUT2D eigenvalue weighted by Crippen LogP contribution is -2.02. The van der Waals surface area contributed by atoms with Gasteiger partial charge in [-0.05, 0) is 47.2 Å². The zero-order valence-corrected chi connectivity index (χ0v) is 17.1. The maximum Gasteiger partial charge on any atom is 0.121 e. The Kier molecular flexibility index (Phi) is 6.80. The lowest BCUT2D eigenvalue weighted by molar-refractivity contribution is 0.311. The Labute approximate surface area is 179 Å². The van der Waals surface area contributed by atoms with Gasteiger partial charge >= 0.3 is 0 Å². The van der Waals surface area contributed by atoms with Gasteiger partial charge in [0.05, 0.1) is 6.61 Å². The molecule has 0 radical (unpaired) electrons. The number of ether oxygens (including phenoxy) is 1. The van der Waals surface area contributed by atoms with Gasteiger partial charge < -0.3 is 10.1 Å². The molecule has 0 bridgehead atoms. The van der Waals surface area contributed by atoms with Crippen molar-refractivity contribution < 1.29 is 4.74 Å². The maximum atomic E-state index is 5.95. The van der Waals surface area contributed by atoms with E-state index in [9.17, 15) is 0 Å². The molecule has 0 heterocycles. The van der Waals surface area contributed by atoms with E-state index in [0.29, 0.717) is 0 Å². The molecule has 2 nitrogen and oxygen atoms in total. The monoisotopic (exact) mass is 393 g/mol. The third-order valence-corrected chi connectivity index (χ3v) is 5.11. The van der Waals surface area contributed by atoms with Gasteiger partial charge in [-0.1, -0.05) is 91.0 Å². The van der Waals surface area contributed by atoms with Crippen LogP contribution in [-0.4, -0.2) is 6.61 Å². The normalized spacial score (nSPS) is 10.5. The van der Waals surface area contributed by atoms with Crippen molar-refractivity contribution in [2.24, 2.45) is 0 Å². The third-order valence-electron chi connectivity index (χ3n) is 5.11. The van der Waals surface area contributed by atoms with Crippen LogP contribution in [0.2, 0.25) is 0 Å². The predicted octanol–water partition coefficient (Wildman–Crippen LogP) is 6.98. The molecule has 0 unspecified atom stereocenters. The van der Waals surface area contributed by atoms with Crippen LogP contribution in [0.1, 0.15) is 17.5 Å². The summed E-state index contributed by atoms with van der Waals surface area (Å²) in [5, 5.41) is 3.50. The largest absolute Gasteiger partial charge is 0.494 e. The van der Waals surface area contributed by atoms with E-state index in [1.54, 1.807) is 0 Å². The molecule has 4 aromatic rings. The molecule has 0 saturated heterocycles. The molecular weight excluding hydrogens is 366 g/mol. The first kappa shape index (κ1) is 19.8. The van der Waals surface area contributed by atoms with Crippen molar-refractivity contribution in [3.8, 4) is 16.9 Å². The van der Waals surface area contributed by atoms with Crippen molar-refractivity contribution in [1.29, 1.82) is 0 Å². The molecule has 0 fully saturated rings. The minimum absolute atomic E-state index is 0.722. The second-order valence-electron chi connectivity index (χ2n) is 7.38. The number of nitrogens with one attached hydrogen (secondary N) is 1. The Hall–Kier alpha value is -3.52. The average molecular weight is 394 g/mol. The summed E-state index contributed by atoms with van der Waals surface area (Å²) in [6.45, 7) is 1.51. The molecule has 2 heteroatoms. The molecule has 0 amide bonds. The summed E-state index contributed by atoms with van der Waals surface area (Å²) in [6.07, 6.45) is 2.05. The Morgan fingerprint density at radius 3 is 2.07 bits per heavy atom. The number of hydrogen-bond acceptors (Lipinski definition) is 2. The van der Waals surface area contributed by atoms with E-state index >= 15 is 0 Å². The van der Waals surface area contributed by atoms with Gasteiger partial charge in [-0.2, -0.15) is 0 Å². The molecule has 0 aliphatic rings. The maximum absolute atomic E-state index is 5.95. The summed E-state index contributed by atoms with van der Waals surface area (Å²) >= 11 is 0. The molecule has 150 valence electrons. The lowest BCUT2D eigenvalue weighted by Gasteiger charge is -2.11. The number of benzene rings is 4. The minimum atomic E-state index is 0.722. The van der Waals surface area contributed by atoms with E-state index in [2.05, 4.69) is 96.3 Å². The lowest BCUT2D eigenvalue weighted by atomic mass is 10.0. The van der Waals surface area contributed by atoms with Gasteiger partial charge in [-0.3, -0.25) is 0 Å². The SMILES string of the molecule is c1ccc(CCCOc2cccc(NCc3ccc(-c4ccccc4)cc3)c2)cc1. The fourth-order valence-corrected chi connectivity index (χ4v) is 3.46. The van der Waals surface area contributed by atoms with Gasteiger partial charge in [0.25, 0.3) is 0 Å². The van der Waals surface area contributed by atoms with Crippen LogP contribution in [-0.2, 0) is 13.0 Å².